The fourth-order valence-corrected chi connectivity index (χ4v) is 4.75. The molecule has 0 aliphatic carbocycles. The monoisotopic (exact) mass is 390 g/mol. The molecule has 0 spiro atoms. The van der Waals surface area contributed by atoms with Gasteiger partial charge in [-0.2, -0.15) is 0 Å². The minimum Gasteiger partial charge on any atom is -0.323 e. The summed E-state index contributed by atoms with van der Waals surface area (Å²) in [6.45, 7) is 5.96. The van der Waals surface area contributed by atoms with Gasteiger partial charge in [0.2, 0.25) is 5.91 Å². The molecule has 5 heteroatoms. The van der Waals surface area contributed by atoms with Crippen molar-refractivity contribution in [3.8, 4) is 0 Å². The molecule has 2 aromatic carbocycles. The van der Waals surface area contributed by atoms with Crippen LogP contribution in [-0.4, -0.2) is 11.8 Å². The zero-order chi connectivity index (χ0) is 19.9. The number of aryl methyl sites for hydroxylation is 3. The average Bonchev–Trinajstić information content (AvgIpc) is 3.18. The topological polar surface area (TPSA) is 49.4 Å². The lowest BCUT2D eigenvalue weighted by atomic mass is 9.80. The molecule has 142 valence electrons. The highest BCUT2D eigenvalue weighted by Crippen LogP contribution is 2.48. The van der Waals surface area contributed by atoms with E-state index in [1.54, 1.807) is 4.90 Å². The lowest BCUT2D eigenvalue weighted by molar-refractivity contribution is -0.137. The number of nitrogens with zero attached hydrogens (tertiary/aromatic N) is 1. The highest BCUT2D eigenvalue weighted by Gasteiger charge is 2.59. The first kappa shape index (κ1) is 18.4. The van der Waals surface area contributed by atoms with E-state index < -0.39 is 5.54 Å². The van der Waals surface area contributed by atoms with E-state index in [0.29, 0.717) is 0 Å². The summed E-state index contributed by atoms with van der Waals surface area (Å²) in [5.74, 6) is -0.218. The standard InChI is InChI=1S/C23H22N2O2S/c1-15-10-11-19(17(3)13-15)25-21(26)14-23(25,20-9-6-12-28-20)22(27)24-18-8-5-4-7-16(18)2/h4-13H,14H2,1-3H3,(H,24,27). The van der Waals surface area contributed by atoms with Crippen LogP contribution in [0.25, 0.3) is 0 Å². The van der Waals surface area contributed by atoms with Crippen LogP contribution in [0.15, 0.2) is 60.0 Å². The number of para-hydroxylation sites is 1. The van der Waals surface area contributed by atoms with Gasteiger partial charge in [0, 0.05) is 16.3 Å². The van der Waals surface area contributed by atoms with Crippen molar-refractivity contribution in [3.05, 3.63) is 81.5 Å². The Kier molecular flexibility index (Phi) is 4.55. The number of benzene rings is 2. The van der Waals surface area contributed by atoms with E-state index in [9.17, 15) is 9.59 Å². The van der Waals surface area contributed by atoms with Crippen molar-refractivity contribution in [2.75, 3.05) is 10.2 Å². The van der Waals surface area contributed by atoms with E-state index in [2.05, 4.69) is 5.32 Å². The first-order valence-corrected chi connectivity index (χ1v) is 10.1. The number of thiophene rings is 1. The molecule has 1 atom stereocenters. The Labute approximate surface area is 168 Å². The van der Waals surface area contributed by atoms with Crippen LogP contribution in [0.1, 0.15) is 28.0 Å². The summed E-state index contributed by atoms with van der Waals surface area (Å²) in [6.07, 6.45) is 0.165. The smallest absolute Gasteiger partial charge is 0.256 e. The van der Waals surface area contributed by atoms with E-state index in [-0.39, 0.29) is 18.2 Å². The second-order valence-electron chi connectivity index (χ2n) is 7.30. The lowest BCUT2D eigenvalue weighted by Crippen LogP contribution is -2.67. The van der Waals surface area contributed by atoms with Crippen LogP contribution >= 0.6 is 11.3 Å². The van der Waals surface area contributed by atoms with Crippen LogP contribution in [0.3, 0.4) is 0 Å². The molecule has 2 heterocycles. The largest absolute Gasteiger partial charge is 0.323 e. The van der Waals surface area contributed by atoms with Crippen molar-refractivity contribution in [2.24, 2.45) is 0 Å². The number of rotatable bonds is 4. The normalized spacial score (nSPS) is 18.7. The Morgan fingerprint density at radius 2 is 1.82 bits per heavy atom. The Morgan fingerprint density at radius 3 is 2.46 bits per heavy atom. The molecule has 0 radical (unpaired) electrons. The number of anilines is 2. The molecule has 1 fully saturated rings. The summed E-state index contributed by atoms with van der Waals surface area (Å²) in [4.78, 5) is 28.9. The molecule has 1 saturated heterocycles. The van der Waals surface area contributed by atoms with Crippen LogP contribution in [0.4, 0.5) is 11.4 Å². The Balaban J connectivity index is 1.80. The van der Waals surface area contributed by atoms with Crippen molar-refractivity contribution >= 4 is 34.5 Å². The maximum absolute atomic E-state index is 13.6. The molecule has 1 aliphatic heterocycles. The van der Waals surface area contributed by atoms with Gasteiger partial charge >= 0.3 is 0 Å². The van der Waals surface area contributed by atoms with Crippen LogP contribution in [0, 0.1) is 20.8 Å². The molecular weight excluding hydrogens is 368 g/mol. The average molecular weight is 391 g/mol. The minimum absolute atomic E-state index is 0.0414. The zero-order valence-electron chi connectivity index (χ0n) is 16.2. The van der Waals surface area contributed by atoms with Gasteiger partial charge < -0.3 is 5.32 Å². The van der Waals surface area contributed by atoms with Gasteiger partial charge in [-0.25, -0.2) is 0 Å². The third-order valence-electron chi connectivity index (χ3n) is 5.33. The first-order chi connectivity index (χ1) is 13.4. The number of nitrogens with one attached hydrogen (secondary N) is 1. The van der Waals surface area contributed by atoms with Gasteiger partial charge in [-0.3, -0.25) is 14.5 Å². The van der Waals surface area contributed by atoms with E-state index in [4.69, 9.17) is 0 Å². The maximum atomic E-state index is 13.6. The zero-order valence-corrected chi connectivity index (χ0v) is 17.0. The number of carbonyl (C=O) groups excluding carboxylic acids is 2. The highest BCUT2D eigenvalue weighted by atomic mass is 32.1. The maximum Gasteiger partial charge on any atom is 0.256 e. The van der Waals surface area contributed by atoms with Crippen LogP contribution in [0.2, 0.25) is 0 Å². The predicted octanol–water partition coefficient (Wildman–Crippen LogP) is 4.94. The molecule has 1 aliphatic rings. The van der Waals surface area contributed by atoms with Crippen molar-refractivity contribution in [2.45, 2.75) is 32.7 Å². The summed E-state index contributed by atoms with van der Waals surface area (Å²) in [7, 11) is 0. The Hall–Kier alpha value is -2.92. The molecule has 0 bridgehead atoms. The summed E-state index contributed by atoms with van der Waals surface area (Å²) in [5, 5.41) is 5.01. The van der Waals surface area contributed by atoms with Gasteiger partial charge in [-0.1, -0.05) is 42.0 Å². The molecular formula is C23H22N2O2S. The van der Waals surface area contributed by atoms with Crippen LogP contribution in [-0.2, 0) is 15.1 Å². The van der Waals surface area contributed by atoms with Crippen molar-refractivity contribution in [3.63, 3.8) is 0 Å². The van der Waals surface area contributed by atoms with E-state index in [0.717, 1.165) is 32.9 Å². The van der Waals surface area contributed by atoms with E-state index >= 15 is 0 Å². The second kappa shape index (κ2) is 6.91. The molecule has 0 saturated carbocycles. The fraction of sp³-hybridized carbons (Fsp3) is 0.217. The minimum atomic E-state index is -1.02. The number of carbonyl (C=O) groups is 2. The molecule has 28 heavy (non-hydrogen) atoms. The van der Waals surface area contributed by atoms with Gasteiger partial charge in [0.1, 0.15) is 0 Å². The van der Waals surface area contributed by atoms with Gasteiger partial charge in [0.15, 0.2) is 5.54 Å². The highest BCUT2D eigenvalue weighted by molar-refractivity contribution is 7.10. The summed E-state index contributed by atoms with van der Waals surface area (Å²) in [6, 6.07) is 17.5. The number of hydrogen-bond donors (Lipinski definition) is 1. The predicted molar refractivity (Wildman–Crippen MR) is 114 cm³/mol. The van der Waals surface area contributed by atoms with Crippen molar-refractivity contribution in [1.29, 1.82) is 0 Å². The quantitative estimate of drug-likeness (QED) is 0.641. The summed E-state index contributed by atoms with van der Waals surface area (Å²) in [5.41, 5.74) is 3.63. The molecule has 1 aromatic heterocycles. The van der Waals surface area contributed by atoms with Gasteiger partial charge in [-0.15, -0.1) is 11.3 Å². The molecule has 1 N–H and O–H groups in total. The summed E-state index contributed by atoms with van der Waals surface area (Å²) >= 11 is 1.50. The van der Waals surface area contributed by atoms with Crippen LogP contribution in [0.5, 0.6) is 0 Å². The molecule has 1 unspecified atom stereocenters. The van der Waals surface area contributed by atoms with Crippen LogP contribution < -0.4 is 10.2 Å². The van der Waals surface area contributed by atoms with Gasteiger partial charge in [0.05, 0.1) is 6.42 Å². The van der Waals surface area contributed by atoms with Gasteiger partial charge in [-0.05, 0) is 55.5 Å². The molecule has 2 amide bonds. The SMILES string of the molecule is Cc1ccc(N2C(=O)CC2(C(=O)Nc2ccccc2C)c2cccs2)c(C)c1. The van der Waals surface area contributed by atoms with Gasteiger partial charge in [0.25, 0.3) is 5.91 Å². The van der Waals surface area contributed by atoms with E-state index in [1.807, 2.05) is 80.7 Å². The molecule has 3 aromatic rings. The van der Waals surface area contributed by atoms with E-state index in [1.165, 1.54) is 11.3 Å². The van der Waals surface area contributed by atoms with Crippen molar-refractivity contribution in [1.82, 2.24) is 0 Å². The number of hydrogen-bond acceptors (Lipinski definition) is 3. The summed E-state index contributed by atoms with van der Waals surface area (Å²) < 4.78 is 0. The number of amides is 2. The second-order valence-corrected chi connectivity index (χ2v) is 8.25. The number of β-lactam (4-membered cyclic amide) rings is 1. The Bertz CT molecular complexity index is 1060. The molecule has 4 rings (SSSR count). The van der Waals surface area contributed by atoms with Crippen molar-refractivity contribution < 1.29 is 9.59 Å². The Morgan fingerprint density at radius 1 is 1.04 bits per heavy atom. The first-order valence-electron chi connectivity index (χ1n) is 9.25. The third-order valence-corrected chi connectivity index (χ3v) is 6.35. The fourth-order valence-electron chi connectivity index (χ4n) is 3.84. The lowest BCUT2D eigenvalue weighted by Gasteiger charge is -2.50. The molecule has 4 nitrogen and oxygen atoms in total. The third kappa shape index (κ3) is 2.83.